The maximum Gasteiger partial charge on any atom is 0.310 e. The van der Waals surface area contributed by atoms with Crippen molar-refractivity contribution in [1.82, 2.24) is 0 Å². The van der Waals surface area contributed by atoms with E-state index < -0.39 is 28.1 Å². The van der Waals surface area contributed by atoms with Gasteiger partial charge < -0.3 is 24.9 Å². The summed E-state index contributed by atoms with van der Waals surface area (Å²) in [5, 5.41) is 38.4. The van der Waals surface area contributed by atoms with Gasteiger partial charge in [-0.1, -0.05) is 19.0 Å². The van der Waals surface area contributed by atoms with Crippen LogP contribution in [-0.2, 0) is 14.4 Å². The van der Waals surface area contributed by atoms with Gasteiger partial charge in [-0.15, -0.1) is 0 Å². The van der Waals surface area contributed by atoms with E-state index in [4.69, 9.17) is 9.57 Å². The molecule has 0 radical (unpaired) electrons. The van der Waals surface area contributed by atoms with E-state index in [-0.39, 0.29) is 23.7 Å². The molecule has 1 heterocycles. The fourth-order valence-corrected chi connectivity index (χ4v) is 7.72. The molecule has 1 unspecified atom stereocenters. The lowest BCUT2D eigenvalue weighted by Gasteiger charge is -2.66. The zero-order chi connectivity index (χ0) is 23.4. The molecule has 0 aromatic rings. The lowest BCUT2D eigenvalue weighted by molar-refractivity contribution is -0.243. The first kappa shape index (κ1) is 23.7. The molecule has 3 aliphatic carbocycles. The van der Waals surface area contributed by atoms with Gasteiger partial charge in [0.05, 0.1) is 29.8 Å². The quantitative estimate of drug-likeness (QED) is 0.345. The highest BCUT2D eigenvalue weighted by Crippen LogP contribution is 2.66. The summed E-state index contributed by atoms with van der Waals surface area (Å²) < 4.78 is 5.21. The fourth-order valence-electron chi connectivity index (χ4n) is 7.72. The van der Waals surface area contributed by atoms with Gasteiger partial charge in [0.1, 0.15) is 7.11 Å². The number of nitrogens with zero attached hydrogens (tertiary/aromatic N) is 1. The molecule has 180 valence electrons. The third-order valence-corrected chi connectivity index (χ3v) is 10.1. The van der Waals surface area contributed by atoms with Crippen molar-refractivity contribution in [3.63, 3.8) is 0 Å². The largest absolute Gasteiger partial charge is 0.435 e. The topological polar surface area (TPSA) is 109 Å². The summed E-state index contributed by atoms with van der Waals surface area (Å²) in [6.45, 7) is 6.25. The van der Waals surface area contributed by atoms with Gasteiger partial charge in [-0.05, 0) is 75.2 Å². The minimum atomic E-state index is -1.05. The van der Waals surface area contributed by atoms with Gasteiger partial charge in [0, 0.05) is 23.7 Å². The zero-order valence-corrected chi connectivity index (χ0v) is 19.8. The number of aliphatic hydroxyl groups excluding tert-OH is 1. The highest BCUT2D eigenvalue weighted by atomic mass is 16.6. The molecular weight excluding hydrogens is 410 g/mol. The number of hydrogen-bond acceptors (Lipinski definition) is 7. The first-order chi connectivity index (χ1) is 15.0. The van der Waals surface area contributed by atoms with Crippen LogP contribution >= 0.6 is 0 Å². The number of hydrogen-bond donors (Lipinski definition) is 3. The van der Waals surface area contributed by atoms with E-state index in [1.165, 1.54) is 7.11 Å². The Morgan fingerprint density at radius 2 is 1.88 bits per heavy atom. The minimum Gasteiger partial charge on any atom is -0.435 e. The van der Waals surface area contributed by atoms with E-state index in [0.717, 1.165) is 18.4 Å². The van der Waals surface area contributed by atoms with Crippen LogP contribution in [0.5, 0.6) is 0 Å². The van der Waals surface area contributed by atoms with Crippen molar-refractivity contribution in [2.75, 3.05) is 7.11 Å². The number of carbonyl (C=O) groups excluding carboxylic acids is 1. The van der Waals surface area contributed by atoms with Crippen LogP contribution in [0.4, 0.5) is 0 Å². The lowest BCUT2D eigenvalue weighted by atomic mass is 9.40. The Hall–Kier alpha value is -1.44. The second-order valence-electron chi connectivity index (χ2n) is 11.1. The van der Waals surface area contributed by atoms with E-state index in [2.05, 4.69) is 19.0 Å². The Morgan fingerprint density at radius 3 is 2.53 bits per heavy atom. The van der Waals surface area contributed by atoms with E-state index in [1.807, 2.05) is 6.92 Å². The molecular formula is C25H39NO6. The van der Waals surface area contributed by atoms with E-state index in [0.29, 0.717) is 44.9 Å². The highest BCUT2D eigenvalue weighted by molar-refractivity contribution is 5.71. The average molecular weight is 450 g/mol. The summed E-state index contributed by atoms with van der Waals surface area (Å²) in [5.41, 5.74) is -1.98. The normalized spacial score (nSPS) is 47.8. The molecule has 0 aromatic carbocycles. The van der Waals surface area contributed by atoms with Crippen LogP contribution in [0.3, 0.4) is 0 Å². The van der Waals surface area contributed by atoms with Crippen molar-refractivity contribution in [1.29, 1.82) is 0 Å². The van der Waals surface area contributed by atoms with Crippen molar-refractivity contribution >= 4 is 12.2 Å². The Balaban J connectivity index is 1.69. The highest BCUT2D eigenvalue weighted by Gasteiger charge is 2.68. The number of ether oxygens (including phenoxy) is 1. The number of allylic oxidation sites excluding steroid dienone is 1. The molecule has 32 heavy (non-hydrogen) atoms. The first-order valence-electron chi connectivity index (χ1n) is 12.1. The molecule has 0 saturated heterocycles. The van der Waals surface area contributed by atoms with Gasteiger partial charge in [0.15, 0.2) is 0 Å². The van der Waals surface area contributed by atoms with Gasteiger partial charge in [-0.2, -0.15) is 0 Å². The zero-order valence-electron chi connectivity index (χ0n) is 19.8. The molecule has 0 spiro atoms. The summed E-state index contributed by atoms with van der Waals surface area (Å²) in [6.07, 6.45) is 8.32. The predicted octanol–water partition coefficient (Wildman–Crippen LogP) is 3.32. The summed E-state index contributed by atoms with van der Waals surface area (Å²) in [6, 6.07) is 0. The van der Waals surface area contributed by atoms with E-state index >= 15 is 0 Å². The molecule has 7 heteroatoms. The van der Waals surface area contributed by atoms with Crippen molar-refractivity contribution in [2.24, 2.45) is 33.7 Å². The SMILES string of the molecule is CO/N=C/[C@]12CC[C@H](O)C[C@@]1(O)CC[C@@H]1C2CC[C@](C)([C@H](C)C2=COC(=O)CC2)[C@@]1(C)O. The number of carbonyl (C=O) groups is 1. The van der Waals surface area contributed by atoms with Gasteiger partial charge in [0.2, 0.25) is 0 Å². The monoisotopic (exact) mass is 449 g/mol. The average Bonchev–Trinajstić information content (AvgIpc) is 2.74. The second kappa shape index (κ2) is 8.10. The van der Waals surface area contributed by atoms with Crippen LogP contribution in [0.15, 0.2) is 17.0 Å². The fraction of sp³-hybridized carbons (Fsp3) is 0.840. The number of cyclic esters (lactones) is 1. The molecule has 4 aliphatic rings. The van der Waals surface area contributed by atoms with E-state index in [9.17, 15) is 20.1 Å². The molecule has 4 rings (SSSR count). The number of esters is 1. The van der Waals surface area contributed by atoms with Crippen LogP contribution in [0.25, 0.3) is 0 Å². The van der Waals surface area contributed by atoms with Gasteiger partial charge in [0.25, 0.3) is 0 Å². The minimum absolute atomic E-state index is 0.0192. The van der Waals surface area contributed by atoms with E-state index in [1.54, 1.807) is 12.5 Å². The smallest absolute Gasteiger partial charge is 0.310 e. The molecule has 8 atom stereocenters. The molecule has 7 nitrogen and oxygen atoms in total. The van der Waals surface area contributed by atoms with Gasteiger partial charge in [-0.25, -0.2) is 0 Å². The Kier molecular flexibility index (Phi) is 6.00. The molecule has 3 saturated carbocycles. The van der Waals surface area contributed by atoms with Crippen LogP contribution in [-0.4, -0.2) is 51.9 Å². The maximum atomic E-state index is 12.2. The van der Waals surface area contributed by atoms with Crippen molar-refractivity contribution < 1.29 is 29.7 Å². The number of fused-ring (bicyclic) bond motifs is 3. The van der Waals surface area contributed by atoms with Crippen LogP contribution in [0.2, 0.25) is 0 Å². The Morgan fingerprint density at radius 1 is 1.16 bits per heavy atom. The standard InChI is InChI=1S/C25H39NO6/c1-16(17-5-6-21(28)32-14-17)22(2)10-8-20-19(23(22,3)29)9-12-25(30)13-18(27)7-11-24(20,25)15-26-31-4/h14-16,18-20,27,29-30H,5-13H2,1-4H3/b26-15+/t16-,18+,19-,20?,22-,23+,24+,25+/m1/s1. The summed E-state index contributed by atoms with van der Waals surface area (Å²) in [5.74, 6) is -0.119. The molecule has 0 bridgehead atoms. The van der Waals surface area contributed by atoms with Crippen molar-refractivity contribution in [3.05, 3.63) is 11.8 Å². The summed E-state index contributed by atoms with van der Waals surface area (Å²) in [7, 11) is 1.50. The van der Waals surface area contributed by atoms with Crippen molar-refractivity contribution in [3.8, 4) is 0 Å². The third-order valence-electron chi connectivity index (χ3n) is 10.1. The van der Waals surface area contributed by atoms with Gasteiger partial charge >= 0.3 is 5.97 Å². The van der Waals surface area contributed by atoms with Crippen LogP contribution < -0.4 is 0 Å². The molecule has 3 N–H and O–H groups in total. The number of oxime groups is 1. The maximum absolute atomic E-state index is 12.2. The van der Waals surface area contributed by atoms with Crippen molar-refractivity contribution in [2.45, 2.75) is 95.9 Å². The number of aliphatic hydroxyl groups is 3. The molecule has 0 amide bonds. The Labute approximate surface area is 190 Å². The van der Waals surface area contributed by atoms with Gasteiger partial charge in [-0.3, -0.25) is 4.79 Å². The molecule has 3 fully saturated rings. The van der Waals surface area contributed by atoms with Crippen LogP contribution in [0, 0.1) is 28.6 Å². The Bertz CT molecular complexity index is 808. The second-order valence-corrected chi connectivity index (χ2v) is 11.1. The van der Waals surface area contributed by atoms with Crippen LogP contribution in [0.1, 0.15) is 78.6 Å². The summed E-state index contributed by atoms with van der Waals surface area (Å²) in [4.78, 5) is 16.6. The number of rotatable bonds is 4. The third kappa shape index (κ3) is 3.34. The predicted molar refractivity (Wildman–Crippen MR) is 119 cm³/mol. The summed E-state index contributed by atoms with van der Waals surface area (Å²) >= 11 is 0. The lowest BCUT2D eigenvalue weighted by Crippen LogP contribution is -2.69. The first-order valence-corrected chi connectivity index (χ1v) is 12.1. The molecule has 1 aliphatic heterocycles. The molecule has 0 aromatic heterocycles.